The Morgan fingerprint density at radius 3 is 2.67 bits per heavy atom. The van der Waals surface area contributed by atoms with Gasteiger partial charge in [0, 0.05) is 19.0 Å². The van der Waals surface area contributed by atoms with E-state index in [2.05, 4.69) is 48.5 Å². The normalized spacial score (nSPS) is 27.8. The van der Waals surface area contributed by atoms with Gasteiger partial charge in [-0.05, 0) is 56.4 Å². The summed E-state index contributed by atoms with van der Waals surface area (Å²) in [6.07, 6.45) is 2.66. The first-order valence-electron chi connectivity index (χ1n) is 7.16. The van der Waals surface area contributed by atoms with Gasteiger partial charge in [0.05, 0.1) is 0 Å². The number of likely N-dealkylation sites (N-methyl/N-ethyl adjacent to an activating group) is 1. The van der Waals surface area contributed by atoms with E-state index in [1.54, 1.807) is 5.56 Å². The summed E-state index contributed by atoms with van der Waals surface area (Å²) in [5.74, 6) is 0.728. The molecule has 0 aromatic heterocycles. The first kappa shape index (κ1) is 12.2. The highest BCUT2D eigenvalue weighted by Crippen LogP contribution is 2.48. The summed E-state index contributed by atoms with van der Waals surface area (Å²) in [6, 6.07) is 8.98. The number of nitrogens with one attached hydrogen (secondary N) is 1. The van der Waals surface area contributed by atoms with Gasteiger partial charge in [-0.3, -0.25) is 0 Å². The molecule has 0 saturated carbocycles. The van der Waals surface area contributed by atoms with Crippen LogP contribution in [0.2, 0.25) is 0 Å². The van der Waals surface area contributed by atoms with Crippen molar-refractivity contribution in [3.05, 3.63) is 35.4 Å². The van der Waals surface area contributed by atoms with Crippen molar-refractivity contribution in [1.29, 1.82) is 0 Å². The van der Waals surface area contributed by atoms with Crippen LogP contribution in [0, 0.1) is 12.3 Å². The molecule has 2 aliphatic heterocycles. The van der Waals surface area contributed by atoms with Crippen LogP contribution < -0.4 is 5.32 Å². The Morgan fingerprint density at radius 1 is 1.22 bits per heavy atom. The van der Waals surface area contributed by atoms with Gasteiger partial charge in [0.1, 0.15) is 0 Å². The Balaban J connectivity index is 1.96. The van der Waals surface area contributed by atoms with Crippen LogP contribution in [-0.4, -0.2) is 38.1 Å². The molecule has 2 saturated heterocycles. The Labute approximate surface area is 110 Å². The molecule has 1 unspecified atom stereocenters. The van der Waals surface area contributed by atoms with Crippen molar-refractivity contribution in [3.63, 3.8) is 0 Å². The van der Waals surface area contributed by atoms with Gasteiger partial charge in [-0.1, -0.05) is 24.3 Å². The summed E-state index contributed by atoms with van der Waals surface area (Å²) >= 11 is 0. The summed E-state index contributed by atoms with van der Waals surface area (Å²) < 4.78 is 0. The molecule has 2 aliphatic rings. The number of hydrogen-bond donors (Lipinski definition) is 1. The molecular formula is C16H24N2. The minimum absolute atomic E-state index is 0.520. The van der Waals surface area contributed by atoms with Gasteiger partial charge in [-0.2, -0.15) is 0 Å². The summed E-state index contributed by atoms with van der Waals surface area (Å²) in [5, 5.41) is 3.52. The fraction of sp³-hybridized carbons (Fsp3) is 0.625. The number of rotatable bonds is 1. The lowest BCUT2D eigenvalue weighted by Gasteiger charge is -2.39. The van der Waals surface area contributed by atoms with E-state index in [0.29, 0.717) is 5.41 Å². The molecule has 18 heavy (non-hydrogen) atoms. The van der Waals surface area contributed by atoms with Gasteiger partial charge in [0.15, 0.2) is 0 Å². The molecule has 1 atom stereocenters. The molecule has 1 aromatic rings. The molecule has 0 aliphatic carbocycles. The van der Waals surface area contributed by atoms with E-state index < -0.39 is 0 Å². The quantitative estimate of drug-likeness (QED) is 0.816. The van der Waals surface area contributed by atoms with Crippen molar-refractivity contribution in [3.8, 4) is 0 Å². The summed E-state index contributed by atoms with van der Waals surface area (Å²) in [7, 11) is 2.28. The lowest BCUT2D eigenvalue weighted by atomic mass is 9.68. The van der Waals surface area contributed by atoms with Crippen molar-refractivity contribution in [1.82, 2.24) is 10.2 Å². The molecule has 0 amide bonds. The van der Waals surface area contributed by atoms with E-state index in [1.165, 1.54) is 44.6 Å². The van der Waals surface area contributed by atoms with Crippen molar-refractivity contribution in [2.24, 2.45) is 5.41 Å². The van der Waals surface area contributed by atoms with E-state index in [4.69, 9.17) is 0 Å². The highest BCUT2D eigenvalue weighted by atomic mass is 15.1. The number of nitrogens with zero attached hydrogens (tertiary/aromatic N) is 1. The van der Waals surface area contributed by atoms with Crippen LogP contribution in [0.4, 0.5) is 0 Å². The molecule has 1 spiro atoms. The lowest BCUT2D eigenvalue weighted by Crippen LogP contribution is -2.41. The summed E-state index contributed by atoms with van der Waals surface area (Å²) in [5.41, 5.74) is 3.58. The van der Waals surface area contributed by atoms with E-state index in [9.17, 15) is 0 Å². The van der Waals surface area contributed by atoms with E-state index in [1.807, 2.05) is 0 Å². The van der Waals surface area contributed by atoms with Crippen LogP contribution in [-0.2, 0) is 0 Å². The number of benzene rings is 1. The van der Waals surface area contributed by atoms with Crippen LogP contribution >= 0.6 is 0 Å². The number of hydrogen-bond acceptors (Lipinski definition) is 2. The zero-order valence-electron chi connectivity index (χ0n) is 11.6. The molecular weight excluding hydrogens is 220 g/mol. The monoisotopic (exact) mass is 244 g/mol. The lowest BCUT2D eigenvalue weighted by molar-refractivity contribution is 0.187. The highest BCUT2D eigenvalue weighted by molar-refractivity contribution is 5.33. The van der Waals surface area contributed by atoms with Gasteiger partial charge in [-0.25, -0.2) is 0 Å². The van der Waals surface area contributed by atoms with Crippen LogP contribution in [0.15, 0.2) is 24.3 Å². The van der Waals surface area contributed by atoms with Crippen molar-refractivity contribution < 1.29 is 0 Å². The molecule has 3 rings (SSSR count). The molecule has 0 bridgehead atoms. The second kappa shape index (κ2) is 4.67. The maximum Gasteiger partial charge on any atom is 0.00534 e. The fourth-order valence-corrected chi connectivity index (χ4v) is 4.05. The van der Waals surface area contributed by atoms with Gasteiger partial charge < -0.3 is 10.2 Å². The predicted molar refractivity (Wildman–Crippen MR) is 76.0 cm³/mol. The van der Waals surface area contributed by atoms with Gasteiger partial charge in [0.25, 0.3) is 0 Å². The zero-order valence-corrected chi connectivity index (χ0v) is 11.6. The first-order valence-corrected chi connectivity index (χ1v) is 7.16. The average molecular weight is 244 g/mol. The predicted octanol–water partition coefficient (Wildman–Crippen LogP) is 2.39. The second-order valence-electron chi connectivity index (χ2n) is 6.22. The molecule has 2 fully saturated rings. The standard InChI is InChI=1S/C16H24N2/c1-13-5-3-4-6-14(13)15-11-18(2)12-16(15)7-9-17-10-8-16/h3-6,15,17H,7-12H2,1-2H3. The molecule has 1 N–H and O–H groups in total. The summed E-state index contributed by atoms with van der Waals surface area (Å²) in [6.45, 7) is 7.15. The number of piperidine rings is 1. The van der Waals surface area contributed by atoms with Crippen LogP contribution in [0.1, 0.15) is 29.9 Å². The minimum atomic E-state index is 0.520. The molecule has 98 valence electrons. The number of aryl methyl sites for hydroxylation is 1. The fourth-order valence-electron chi connectivity index (χ4n) is 4.05. The first-order chi connectivity index (χ1) is 8.71. The van der Waals surface area contributed by atoms with E-state index in [0.717, 1.165) is 5.92 Å². The van der Waals surface area contributed by atoms with E-state index >= 15 is 0 Å². The van der Waals surface area contributed by atoms with Crippen molar-refractivity contribution >= 4 is 0 Å². The molecule has 0 radical (unpaired) electrons. The van der Waals surface area contributed by atoms with Gasteiger partial charge in [0.2, 0.25) is 0 Å². The van der Waals surface area contributed by atoms with Gasteiger partial charge in [-0.15, -0.1) is 0 Å². The molecule has 2 heterocycles. The maximum absolute atomic E-state index is 3.52. The van der Waals surface area contributed by atoms with Crippen molar-refractivity contribution in [2.45, 2.75) is 25.7 Å². The Kier molecular flexibility index (Phi) is 3.16. The largest absolute Gasteiger partial charge is 0.317 e. The third kappa shape index (κ3) is 1.98. The van der Waals surface area contributed by atoms with Crippen LogP contribution in [0.3, 0.4) is 0 Å². The third-order valence-corrected chi connectivity index (χ3v) is 4.98. The second-order valence-corrected chi connectivity index (χ2v) is 6.22. The average Bonchev–Trinajstić information content (AvgIpc) is 2.67. The smallest absolute Gasteiger partial charge is 0.00534 e. The van der Waals surface area contributed by atoms with Crippen LogP contribution in [0.25, 0.3) is 0 Å². The van der Waals surface area contributed by atoms with Crippen LogP contribution in [0.5, 0.6) is 0 Å². The number of likely N-dealkylation sites (tertiary alicyclic amines) is 1. The van der Waals surface area contributed by atoms with Crippen molar-refractivity contribution in [2.75, 3.05) is 33.2 Å². The summed E-state index contributed by atoms with van der Waals surface area (Å²) in [4.78, 5) is 2.53. The van der Waals surface area contributed by atoms with E-state index in [-0.39, 0.29) is 0 Å². The Morgan fingerprint density at radius 2 is 1.94 bits per heavy atom. The SMILES string of the molecule is Cc1ccccc1C1CN(C)CC12CCNCC2. The minimum Gasteiger partial charge on any atom is -0.317 e. The molecule has 1 aromatic carbocycles. The topological polar surface area (TPSA) is 15.3 Å². The highest BCUT2D eigenvalue weighted by Gasteiger charge is 2.46. The Hall–Kier alpha value is -0.860. The van der Waals surface area contributed by atoms with Gasteiger partial charge >= 0.3 is 0 Å². The Bertz CT molecular complexity index is 421. The third-order valence-electron chi connectivity index (χ3n) is 4.98. The molecule has 2 heteroatoms. The zero-order chi connectivity index (χ0) is 12.6. The molecule has 2 nitrogen and oxygen atoms in total. The maximum atomic E-state index is 3.52.